The fourth-order valence-electron chi connectivity index (χ4n) is 2.79. The average Bonchev–Trinajstić information content (AvgIpc) is 2.72. The molecule has 146 valence electrons. The van der Waals surface area contributed by atoms with E-state index in [0.717, 1.165) is 3.57 Å². The first-order valence-electron chi connectivity index (χ1n) is 8.84. The number of morpholine rings is 1. The molecule has 0 unspecified atom stereocenters. The number of carbonyl (C=O) groups excluding carboxylic acids is 3. The van der Waals surface area contributed by atoms with Crippen LogP contribution in [0.25, 0.3) is 0 Å². The molecule has 1 saturated heterocycles. The van der Waals surface area contributed by atoms with Crippen LogP contribution in [-0.2, 0) is 9.53 Å². The van der Waals surface area contributed by atoms with Crippen molar-refractivity contribution in [2.24, 2.45) is 0 Å². The molecule has 2 N–H and O–H groups in total. The molecular formula is C20H20IN3O4. The number of benzene rings is 2. The molecule has 8 heteroatoms. The molecule has 1 heterocycles. The highest BCUT2D eigenvalue weighted by Crippen LogP contribution is 2.14. The van der Waals surface area contributed by atoms with E-state index in [1.165, 1.54) is 0 Å². The summed E-state index contributed by atoms with van der Waals surface area (Å²) in [4.78, 5) is 38.6. The Morgan fingerprint density at radius 1 is 1.04 bits per heavy atom. The van der Waals surface area contributed by atoms with Gasteiger partial charge in [-0.3, -0.25) is 14.4 Å². The molecule has 0 saturated carbocycles. The van der Waals surface area contributed by atoms with Crippen LogP contribution < -0.4 is 10.6 Å². The highest BCUT2D eigenvalue weighted by molar-refractivity contribution is 14.1. The first-order valence-corrected chi connectivity index (χ1v) is 9.92. The zero-order valence-corrected chi connectivity index (χ0v) is 17.3. The van der Waals surface area contributed by atoms with E-state index in [0.29, 0.717) is 43.1 Å². The van der Waals surface area contributed by atoms with Gasteiger partial charge in [0.05, 0.1) is 25.3 Å². The Morgan fingerprint density at radius 2 is 1.79 bits per heavy atom. The summed E-state index contributed by atoms with van der Waals surface area (Å²) in [6.07, 6.45) is 0. The predicted molar refractivity (Wildman–Crippen MR) is 113 cm³/mol. The molecule has 0 aliphatic carbocycles. The Balaban J connectivity index is 1.56. The summed E-state index contributed by atoms with van der Waals surface area (Å²) in [5, 5.41) is 5.31. The average molecular weight is 493 g/mol. The third-order valence-corrected chi connectivity index (χ3v) is 5.16. The minimum absolute atomic E-state index is 0.0913. The number of ether oxygens (including phenoxy) is 1. The molecule has 2 aromatic carbocycles. The fraction of sp³-hybridized carbons (Fsp3) is 0.250. The van der Waals surface area contributed by atoms with Gasteiger partial charge in [-0.05, 0) is 52.9 Å². The third-order valence-electron chi connectivity index (χ3n) is 4.22. The number of nitrogens with zero attached hydrogens (tertiary/aromatic N) is 1. The second-order valence-corrected chi connectivity index (χ2v) is 7.36. The highest BCUT2D eigenvalue weighted by Gasteiger charge is 2.19. The van der Waals surface area contributed by atoms with Gasteiger partial charge in [0.2, 0.25) is 5.91 Å². The molecule has 0 bridgehead atoms. The lowest BCUT2D eigenvalue weighted by Gasteiger charge is -2.27. The smallest absolute Gasteiger partial charge is 0.254 e. The summed E-state index contributed by atoms with van der Waals surface area (Å²) in [7, 11) is 0. The minimum Gasteiger partial charge on any atom is -0.378 e. The van der Waals surface area contributed by atoms with Crippen molar-refractivity contribution < 1.29 is 19.1 Å². The van der Waals surface area contributed by atoms with E-state index in [-0.39, 0.29) is 24.3 Å². The first kappa shape index (κ1) is 20.3. The maximum absolute atomic E-state index is 12.5. The van der Waals surface area contributed by atoms with E-state index >= 15 is 0 Å². The summed E-state index contributed by atoms with van der Waals surface area (Å²) in [6, 6.07) is 13.9. The van der Waals surface area contributed by atoms with Gasteiger partial charge in [0, 0.05) is 27.9 Å². The number of carbonyl (C=O) groups is 3. The van der Waals surface area contributed by atoms with Gasteiger partial charge in [-0.2, -0.15) is 0 Å². The van der Waals surface area contributed by atoms with E-state index in [1.54, 1.807) is 41.3 Å². The van der Waals surface area contributed by atoms with Crippen LogP contribution in [-0.4, -0.2) is 55.5 Å². The maximum atomic E-state index is 12.5. The molecule has 0 atom stereocenters. The number of anilines is 1. The molecule has 0 aromatic heterocycles. The number of hydrogen-bond donors (Lipinski definition) is 2. The van der Waals surface area contributed by atoms with Gasteiger partial charge in [0.1, 0.15) is 0 Å². The molecule has 2 aromatic rings. The molecule has 3 rings (SSSR count). The number of hydrogen-bond acceptors (Lipinski definition) is 4. The number of halogens is 1. The Labute approximate surface area is 176 Å². The van der Waals surface area contributed by atoms with Crippen LogP contribution in [0.4, 0.5) is 5.69 Å². The van der Waals surface area contributed by atoms with Gasteiger partial charge in [0.15, 0.2) is 0 Å². The number of nitrogens with one attached hydrogen (secondary N) is 2. The monoisotopic (exact) mass is 493 g/mol. The van der Waals surface area contributed by atoms with Crippen LogP contribution in [0.3, 0.4) is 0 Å². The van der Waals surface area contributed by atoms with Crippen molar-refractivity contribution in [1.82, 2.24) is 10.2 Å². The molecule has 0 spiro atoms. The van der Waals surface area contributed by atoms with Crippen molar-refractivity contribution in [2.75, 3.05) is 38.2 Å². The topological polar surface area (TPSA) is 87.7 Å². The van der Waals surface area contributed by atoms with Gasteiger partial charge in [-0.1, -0.05) is 18.2 Å². The second kappa shape index (κ2) is 9.65. The Hall–Kier alpha value is -2.46. The molecule has 3 amide bonds. The zero-order chi connectivity index (χ0) is 19.9. The number of amides is 3. The summed E-state index contributed by atoms with van der Waals surface area (Å²) in [6.45, 7) is 2.01. The highest BCUT2D eigenvalue weighted by atomic mass is 127. The van der Waals surface area contributed by atoms with E-state index in [4.69, 9.17) is 4.74 Å². The van der Waals surface area contributed by atoms with Gasteiger partial charge in [-0.25, -0.2) is 0 Å². The second-order valence-electron chi connectivity index (χ2n) is 6.20. The van der Waals surface area contributed by atoms with Crippen molar-refractivity contribution in [3.63, 3.8) is 0 Å². The van der Waals surface area contributed by atoms with Gasteiger partial charge in [-0.15, -0.1) is 0 Å². The van der Waals surface area contributed by atoms with Crippen LogP contribution in [0.15, 0.2) is 48.5 Å². The minimum atomic E-state index is -0.365. The van der Waals surface area contributed by atoms with Crippen molar-refractivity contribution in [3.8, 4) is 0 Å². The van der Waals surface area contributed by atoms with Gasteiger partial charge in [0.25, 0.3) is 11.8 Å². The zero-order valence-electron chi connectivity index (χ0n) is 15.1. The molecule has 1 fully saturated rings. The Kier molecular flexibility index (Phi) is 6.99. The standard InChI is InChI=1S/C20H20IN3O4/c21-17-7-2-1-6-16(17)19(26)22-13-18(25)23-15-5-3-4-14(12-15)20(27)24-8-10-28-11-9-24/h1-7,12H,8-11,13H2,(H,22,26)(H,23,25). The van der Waals surface area contributed by atoms with E-state index < -0.39 is 0 Å². The molecule has 7 nitrogen and oxygen atoms in total. The van der Waals surface area contributed by atoms with Crippen molar-refractivity contribution in [2.45, 2.75) is 0 Å². The molecule has 1 aliphatic heterocycles. The van der Waals surface area contributed by atoms with E-state index in [1.807, 2.05) is 12.1 Å². The van der Waals surface area contributed by atoms with Crippen molar-refractivity contribution in [1.29, 1.82) is 0 Å². The van der Waals surface area contributed by atoms with Crippen LogP contribution in [0.1, 0.15) is 20.7 Å². The molecule has 1 aliphatic rings. The van der Waals surface area contributed by atoms with Crippen LogP contribution in [0, 0.1) is 3.57 Å². The molecule has 28 heavy (non-hydrogen) atoms. The quantitative estimate of drug-likeness (QED) is 0.626. The van der Waals surface area contributed by atoms with Crippen LogP contribution >= 0.6 is 22.6 Å². The normalized spacial score (nSPS) is 13.7. The maximum Gasteiger partial charge on any atom is 0.254 e. The lowest BCUT2D eigenvalue weighted by atomic mass is 10.1. The van der Waals surface area contributed by atoms with Crippen molar-refractivity contribution >= 4 is 46.0 Å². The van der Waals surface area contributed by atoms with Crippen LogP contribution in [0.5, 0.6) is 0 Å². The summed E-state index contributed by atoms with van der Waals surface area (Å²) in [5.41, 5.74) is 1.53. The van der Waals surface area contributed by atoms with Crippen LogP contribution in [0.2, 0.25) is 0 Å². The number of rotatable bonds is 5. The first-order chi connectivity index (χ1) is 13.5. The summed E-state index contributed by atoms with van der Waals surface area (Å²) >= 11 is 2.07. The molecule has 0 radical (unpaired) electrons. The summed E-state index contributed by atoms with van der Waals surface area (Å²) in [5.74, 6) is -0.766. The van der Waals surface area contributed by atoms with Crippen molar-refractivity contribution in [3.05, 3.63) is 63.2 Å². The summed E-state index contributed by atoms with van der Waals surface area (Å²) < 4.78 is 6.07. The van der Waals surface area contributed by atoms with E-state index in [2.05, 4.69) is 33.2 Å². The lowest BCUT2D eigenvalue weighted by molar-refractivity contribution is -0.115. The van der Waals surface area contributed by atoms with E-state index in [9.17, 15) is 14.4 Å². The largest absolute Gasteiger partial charge is 0.378 e. The fourth-order valence-corrected chi connectivity index (χ4v) is 3.42. The Morgan fingerprint density at radius 3 is 2.54 bits per heavy atom. The Bertz CT molecular complexity index is 881. The van der Waals surface area contributed by atoms with Gasteiger partial charge >= 0.3 is 0 Å². The van der Waals surface area contributed by atoms with Gasteiger partial charge < -0.3 is 20.3 Å². The predicted octanol–water partition coefficient (Wildman–Crippen LogP) is 2.13. The third kappa shape index (κ3) is 5.29. The SMILES string of the molecule is O=C(CNC(=O)c1ccccc1I)Nc1cccc(C(=O)N2CCOCC2)c1. The lowest BCUT2D eigenvalue weighted by Crippen LogP contribution is -2.40. The molecular weight excluding hydrogens is 473 g/mol.